The van der Waals surface area contributed by atoms with Gasteiger partial charge in [-0.15, -0.1) is 0 Å². The van der Waals surface area contributed by atoms with Gasteiger partial charge in [0.1, 0.15) is 22.1 Å². The first-order valence-corrected chi connectivity index (χ1v) is 4.95. The van der Waals surface area contributed by atoms with Crippen LogP contribution in [0.2, 0.25) is 0 Å². The Morgan fingerprint density at radius 1 is 1.53 bits per heavy atom. The lowest BCUT2D eigenvalue weighted by Gasteiger charge is -2.02. The normalized spacial score (nSPS) is 9.93. The average Bonchev–Trinajstić information content (AvgIpc) is 2.65. The molecule has 2 heterocycles. The second kappa shape index (κ2) is 3.79. The van der Waals surface area contributed by atoms with E-state index in [0.29, 0.717) is 21.8 Å². The molecule has 0 amide bonds. The van der Waals surface area contributed by atoms with Crippen molar-refractivity contribution in [1.82, 2.24) is 19.7 Å². The van der Waals surface area contributed by atoms with Gasteiger partial charge in [-0.05, 0) is 28.9 Å². The SMILES string of the molecule is Cc1ncc(C#N)c(-n2ccc(Br)n2)n1. The summed E-state index contributed by atoms with van der Waals surface area (Å²) in [6, 6.07) is 3.81. The molecule has 0 unspecified atom stereocenters. The topological polar surface area (TPSA) is 67.4 Å². The minimum atomic E-state index is 0.399. The molecular weight excluding hydrogens is 258 g/mol. The average molecular weight is 264 g/mol. The lowest BCUT2D eigenvalue weighted by molar-refractivity contribution is 0.817. The Kier molecular flexibility index (Phi) is 2.47. The van der Waals surface area contributed by atoms with Gasteiger partial charge in [0.15, 0.2) is 5.82 Å². The quantitative estimate of drug-likeness (QED) is 0.784. The van der Waals surface area contributed by atoms with E-state index in [0.717, 1.165) is 0 Å². The summed E-state index contributed by atoms with van der Waals surface area (Å²) in [5, 5.41) is 13.0. The summed E-state index contributed by atoms with van der Waals surface area (Å²) < 4.78 is 2.24. The van der Waals surface area contributed by atoms with Crippen molar-refractivity contribution in [3.63, 3.8) is 0 Å². The predicted octanol–water partition coefficient (Wildman–Crippen LogP) is 1.60. The Balaban J connectivity index is 2.61. The third-order valence-corrected chi connectivity index (χ3v) is 2.21. The molecule has 6 heteroatoms. The number of nitrogens with zero attached hydrogens (tertiary/aromatic N) is 5. The van der Waals surface area contributed by atoms with E-state index < -0.39 is 0 Å². The number of rotatable bonds is 1. The van der Waals surface area contributed by atoms with Gasteiger partial charge >= 0.3 is 0 Å². The minimum Gasteiger partial charge on any atom is -0.240 e. The molecule has 0 bridgehead atoms. The van der Waals surface area contributed by atoms with E-state index in [4.69, 9.17) is 5.26 Å². The number of aryl methyl sites for hydroxylation is 1. The number of aromatic nitrogens is 4. The molecule has 0 radical (unpaired) electrons. The van der Waals surface area contributed by atoms with Crippen LogP contribution in [0.25, 0.3) is 5.82 Å². The molecule has 0 N–H and O–H groups in total. The lowest BCUT2D eigenvalue weighted by Crippen LogP contribution is -2.04. The van der Waals surface area contributed by atoms with Crippen molar-refractivity contribution >= 4 is 15.9 Å². The Bertz CT molecular complexity index is 540. The molecule has 0 saturated heterocycles. The van der Waals surface area contributed by atoms with E-state index in [1.54, 1.807) is 19.2 Å². The second-order valence-electron chi connectivity index (χ2n) is 2.85. The molecule has 0 saturated carbocycles. The summed E-state index contributed by atoms with van der Waals surface area (Å²) in [5.41, 5.74) is 0.399. The Morgan fingerprint density at radius 2 is 2.33 bits per heavy atom. The summed E-state index contributed by atoms with van der Waals surface area (Å²) in [5.74, 6) is 1.10. The van der Waals surface area contributed by atoms with E-state index in [1.807, 2.05) is 6.07 Å². The highest BCUT2D eigenvalue weighted by Gasteiger charge is 2.08. The number of nitriles is 1. The first-order chi connectivity index (χ1) is 7.20. The van der Waals surface area contributed by atoms with Gasteiger partial charge in [0.05, 0.1) is 6.20 Å². The Hall–Kier alpha value is -1.74. The van der Waals surface area contributed by atoms with Crippen molar-refractivity contribution in [2.75, 3.05) is 0 Å². The molecule has 0 aliphatic rings. The summed E-state index contributed by atoms with van der Waals surface area (Å²) in [6.45, 7) is 1.77. The van der Waals surface area contributed by atoms with Crippen molar-refractivity contribution < 1.29 is 0 Å². The molecule has 0 aliphatic carbocycles. The highest BCUT2D eigenvalue weighted by Crippen LogP contribution is 2.12. The molecule has 0 atom stereocenters. The van der Waals surface area contributed by atoms with Crippen LogP contribution in [-0.2, 0) is 0 Å². The molecule has 0 spiro atoms. The summed E-state index contributed by atoms with van der Waals surface area (Å²) in [7, 11) is 0. The van der Waals surface area contributed by atoms with Crippen LogP contribution in [0.4, 0.5) is 0 Å². The number of halogens is 1. The summed E-state index contributed by atoms with van der Waals surface area (Å²) in [6.07, 6.45) is 3.22. The molecule has 2 aromatic heterocycles. The molecule has 5 nitrogen and oxygen atoms in total. The fourth-order valence-electron chi connectivity index (χ4n) is 1.13. The second-order valence-corrected chi connectivity index (χ2v) is 3.66. The van der Waals surface area contributed by atoms with Gasteiger partial charge in [-0.1, -0.05) is 0 Å². The van der Waals surface area contributed by atoms with E-state index in [1.165, 1.54) is 10.9 Å². The van der Waals surface area contributed by atoms with Gasteiger partial charge < -0.3 is 0 Å². The molecule has 0 aromatic carbocycles. The zero-order chi connectivity index (χ0) is 10.8. The first kappa shape index (κ1) is 9.80. The molecule has 2 rings (SSSR count). The van der Waals surface area contributed by atoms with E-state index in [9.17, 15) is 0 Å². The zero-order valence-electron chi connectivity index (χ0n) is 7.85. The van der Waals surface area contributed by atoms with Crippen molar-refractivity contribution in [1.29, 1.82) is 5.26 Å². The third kappa shape index (κ3) is 1.87. The van der Waals surface area contributed by atoms with Crippen LogP contribution in [0.15, 0.2) is 23.1 Å². The number of hydrogen-bond acceptors (Lipinski definition) is 4. The first-order valence-electron chi connectivity index (χ1n) is 4.16. The monoisotopic (exact) mass is 263 g/mol. The van der Waals surface area contributed by atoms with Gasteiger partial charge in [-0.3, -0.25) is 0 Å². The van der Waals surface area contributed by atoms with Crippen LogP contribution in [0.1, 0.15) is 11.4 Å². The molecular formula is C9H6BrN5. The number of hydrogen-bond donors (Lipinski definition) is 0. The maximum absolute atomic E-state index is 8.89. The van der Waals surface area contributed by atoms with Crippen LogP contribution in [0.3, 0.4) is 0 Å². The van der Waals surface area contributed by atoms with E-state index in [-0.39, 0.29) is 0 Å². The Labute approximate surface area is 94.5 Å². The van der Waals surface area contributed by atoms with Crippen molar-refractivity contribution in [3.05, 3.63) is 34.5 Å². The maximum atomic E-state index is 8.89. The summed E-state index contributed by atoms with van der Waals surface area (Å²) >= 11 is 3.24. The van der Waals surface area contributed by atoms with Crippen molar-refractivity contribution in [3.8, 4) is 11.9 Å². The van der Waals surface area contributed by atoms with Crippen LogP contribution in [0, 0.1) is 18.3 Å². The molecule has 2 aromatic rings. The summed E-state index contributed by atoms with van der Waals surface area (Å²) in [4.78, 5) is 8.13. The standard InChI is InChI=1S/C9H6BrN5/c1-6-12-5-7(4-11)9(13-6)15-3-2-8(10)14-15/h2-3,5H,1H3. The highest BCUT2D eigenvalue weighted by molar-refractivity contribution is 9.10. The fourth-order valence-corrected chi connectivity index (χ4v) is 1.42. The molecule has 0 aliphatic heterocycles. The smallest absolute Gasteiger partial charge is 0.174 e. The van der Waals surface area contributed by atoms with Crippen molar-refractivity contribution in [2.24, 2.45) is 0 Å². The lowest BCUT2D eigenvalue weighted by atomic mass is 10.3. The van der Waals surface area contributed by atoms with Gasteiger partial charge in [0.25, 0.3) is 0 Å². The largest absolute Gasteiger partial charge is 0.240 e. The van der Waals surface area contributed by atoms with Crippen LogP contribution in [0.5, 0.6) is 0 Å². The molecule has 0 fully saturated rings. The third-order valence-electron chi connectivity index (χ3n) is 1.78. The Morgan fingerprint density at radius 3 is 2.93 bits per heavy atom. The molecule has 74 valence electrons. The predicted molar refractivity (Wildman–Crippen MR) is 56.3 cm³/mol. The van der Waals surface area contributed by atoms with Gasteiger partial charge in [-0.25, -0.2) is 14.6 Å². The van der Waals surface area contributed by atoms with Crippen molar-refractivity contribution in [2.45, 2.75) is 6.92 Å². The maximum Gasteiger partial charge on any atom is 0.174 e. The van der Waals surface area contributed by atoms with Gasteiger partial charge in [0.2, 0.25) is 0 Å². The highest BCUT2D eigenvalue weighted by atomic mass is 79.9. The fraction of sp³-hybridized carbons (Fsp3) is 0.111. The van der Waals surface area contributed by atoms with Crippen LogP contribution >= 0.6 is 15.9 Å². The van der Waals surface area contributed by atoms with Crippen LogP contribution in [-0.4, -0.2) is 19.7 Å². The van der Waals surface area contributed by atoms with Crippen LogP contribution < -0.4 is 0 Å². The van der Waals surface area contributed by atoms with Gasteiger partial charge in [-0.2, -0.15) is 10.4 Å². The van der Waals surface area contributed by atoms with Gasteiger partial charge in [0, 0.05) is 6.20 Å². The van der Waals surface area contributed by atoms with E-state index >= 15 is 0 Å². The molecule has 15 heavy (non-hydrogen) atoms. The minimum absolute atomic E-state index is 0.399. The zero-order valence-corrected chi connectivity index (χ0v) is 9.43. The van der Waals surface area contributed by atoms with E-state index in [2.05, 4.69) is 31.0 Å².